The molecule has 5 nitrogen and oxygen atoms in total. The molecule has 0 spiro atoms. The van der Waals surface area contributed by atoms with Crippen LogP contribution in [0.4, 0.5) is 5.69 Å². The van der Waals surface area contributed by atoms with Gasteiger partial charge in [-0.1, -0.05) is 29.3 Å². The third-order valence-corrected chi connectivity index (χ3v) is 5.03. The minimum absolute atomic E-state index is 0.291. The van der Waals surface area contributed by atoms with Crippen molar-refractivity contribution in [2.45, 2.75) is 13.0 Å². The first-order valence-electron chi connectivity index (χ1n) is 8.08. The van der Waals surface area contributed by atoms with Crippen LogP contribution in [0.15, 0.2) is 53.7 Å². The molecule has 0 saturated carbocycles. The molecule has 27 heavy (non-hydrogen) atoms. The second kappa shape index (κ2) is 8.17. The molecule has 0 radical (unpaired) electrons. The molecule has 0 aromatic heterocycles. The molecule has 3 N–H and O–H groups in total. The first-order valence-corrected chi connectivity index (χ1v) is 9.24. The number of thiocarbonyl (C=S) groups is 1. The van der Waals surface area contributed by atoms with E-state index < -0.39 is 6.04 Å². The summed E-state index contributed by atoms with van der Waals surface area (Å²) in [7, 11) is 1.59. The van der Waals surface area contributed by atoms with E-state index in [1.54, 1.807) is 56.5 Å². The van der Waals surface area contributed by atoms with Crippen molar-refractivity contribution in [3.8, 4) is 5.75 Å². The van der Waals surface area contributed by atoms with Gasteiger partial charge in [0.15, 0.2) is 5.11 Å². The molecule has 8 heteroatoms. The maximum Gasteiger partial charge on any atom is 0.255 e. The minimum atomic E-state index is -0.571. The molecule has 2 aromatic rings. The van der Waals surface area contributed by atoms with Crippen LogP contribution >= 0.6 is 35.4 Å². The van der Waals surface area contributed by atoms with Crippen LogP contribution in [0.5, 0.6) is 5.75 Å². The van der Waals surface area contributed by atoms with E-state index in [0.717, 1.165) is 0 Å². The number of methoxy groups -OCH3 is 1. The summed E-state index contributed by atoms with van der Waals surface area (Å²) in [6.45, 7) is 1.79. The number of rotatable bonds is 4. The lowest BCUT2D eigenvalue weighted by atomic mass is 9.94. The van der Waals surface area contributed by atoms with Crippen LogP contribution in [0.25, 0.3) is 0 Å². The van der Waals surface area contributed by atoms with Gasteiger partial charge in [-0.2, -0.15) is 0 Å². The average Bonchev–Trinajstić information content (AvgIpc) is 2.61. The fourth-order valence-electron chi connectivity index (χ4n) is 2.87. The zero-order chi connectivity index (χ0) is 19.6. The number of amides is 1. The highest BCUT2D eigenvalue weighted by Crippen LogP contribution is 2.36. The molecule has 1 aliphatic rings. The average molecular weight is 422 g/mol. The molecule has 0 fully saturated rings. The molecule has 1 unspecified atom stereocenters. The van der Waals surface area contributed by atoms with E-state index in [1.807, 2.05) is 0 Å². The van der Waals surface area contributed by atoms with Crippen molar-refractivity contribution < 1.29 is 9.53 Å². The van der Waals surface area contributed by atoms with Crippen LogP contribution in [-0.4, -0.2) is 18.1 Å². The highest BCUT2D eigenvalue weighted by atomic mass is 35.5. The zero-order valence-electron chi connectivity index (χ0n) is 14.6. The lowest BCUT2D eigenvalue weighted by molar-refractivity contribution is -0.113. The predicted molar refractivity (Wildman–Crippen MR) is 112 cm³/mol. The summed E-state index contributed by atoms with van der Waals surface area (Å²) in [5, 5.41) is 10.3. The first-order chi connectivity index (χ1) is 12.9. The van der Waals surface area contributed by atoms with Crippen LogP contribution in [0, 0.1) is 0 Å². The molecular weight excluding hydrogens is 405 g/mol. The zero-order valence-corrected chi connectivity index (χ0v) is 16.9. The number of nitrogens with one attached hydrogen (secondary N) is 3. The first kappa shape index (κ1) is 19.5. The normalized spacial score (nSPS) is 16.4. The maximum atomic E-state index is 13.0. The summed E-state index contributed by atoms with van der Waals surface area (Å²) in [6.07, 6.45) is 0. The number of anilines is 1. The Kier molecular flexibility index (Phi) is 5.89. The van der Waals surface area contributed by atoms with E-state index in [1.165, 1.54) is 0 Å². The number of carbonyl (C=O) groups is 1. The maximum absolute atomic E-state index is 13.0. The predicted octanol–water partition coefficient (Wildman–Crippen LogP) is 4.43. The molecule has 1 atom stereocenters. The van der Waals surface area contributed by atoms with Crippen molar-refractivity contribution in [2.75, 3.05) is 12.4 Å². The summed E-state index contributed by atoms with van der Waals surface area (Å²) in [5.41, 5.74) is 2.32. The van der Waals surface area contributed by atoms with Gasteiger partial charge in [0.1, 0.15) is 5.75 Å². The Balaban J connectivity index is 1.97. The van der Waals surface area contributed by atoms with Crippen molar-refractivity contribution in [3.63, 3.8) is 0 Å². The molecule has 1 aliphatic heterocycles. The number of carbonyl (C=O) groups excluding carboxylic acids is 1. The Morgan fingerprint density at radius 2 is 1.78 bits per heavy atom. The molecular formula is C19H17Cl2N3O2S. The topological polar surface area (TPSA) is 62.4 Å². The number of benzene rings is 2. The third-order valence-electron chi connectivity index (χ3n) is 4.15. The Bertz CT molecular complexity index is 909. The summed E-state index contributed by atoms with van der Waals surface area (Å²) in [5.74, 6) is 0.414. The summed E-state index contributed by atoms with van der Waals surface area (Å²) < 4.78 is 5.13. The van der Waals surface area contributed by atoms with E-state index in [2.05, 4.69) is 16.0 Å². The van der Waals surface area contributed by atoms with Gasteiger partial charge in [-0.15, -0.1) is 0 Å². The molecule has 1 amide bonds. The van der Waals surface area contributed by atoms with E-state index in [9.17, 15) is 4.79 Å². The van der Waals surface area contributed by atoms with Crippen LogP contribution < -0.4 is 20.7 Å². The van der Waals surface area contributed by atoms with Crippen LogP contribution in [0.3, 0.4) is 0 Å². The van der Waals surface area contributed by atoms with Crippen molar-refractivity contribution >= 4 is 52.1 Å². The SMILES string of the molecule is COc1ccc(NC(=O)C2=C(C)NC(=S)NC2c2c(Cl)cccc2Cl)cc1. The van der Waals surface area contributed by atoms with Gasteiger partial charge in [0.05, 0.1) is 18.7 Å². The molecule has 3 rings (SSSR count). The Labute approximate surface area is 172 Å². The Morgan fingerprint density at radius 1 is 1.15 bits per heavy atom. The van der Waals surface area contributed by atoms with Gasteiger partial charge in [0.25, 0.3) is 5.91 Å². The van der Waals surface area contributed by atoms with E-state index in [4.69, 9.17) is 40.2 Å². The molecule has 2 aromatic carbocycles. The summed E-state index contributed by atoms with van der Waals surface area (Å²) in [4.78, 5) is 13.0. The number of ether oxygens (including phenoxy) is 1. The highest BCUT2D eigenvalue weighted by molar-refractivity contribution is 7.80. The van der Waals surface area contributed by atoms with Crippen molar-refractivity contribution in [3.05, 3.63) is 69.3 Å². The molecule has 1 heterocycles. The number of halogens is 2. The molecule has 140 valence electrons. The van der Waals surface area contributed by atoms with E-state index in [-0.39, 0.29) is 5.91 Å². The summed E-state index contributed by atoms with van der Waals surface area (Å²) in [6, 6.07) is 11.7. The van der Waals surface area contributed by atoms with Crippen LogP contribution in [0.2, 0.25) is 10.0 Å². The van der Waals surface area contributed by atoms with Gasteiger partial charge in [-0.25, -0.2) is 0 Å². The molecule has 0 bridgehead atoms. The van der Waals surface area contributed by atoms with Gasteiger partial charge >= 0.3 is 0 Å². The van der Waals surface area contributed by atoms with Crippen molar-refractivity contribution in [1.29, 1.82) is 0 Å². The van der Waals surface area contributed by atoms with Gasteiger partial charge in [-0.05, 0) is 55.5 Å². The van der Waals surface area contributed by atoms with Crippen LogP contribution in [0.1, 0.15) is 18.5 Å². The van der Waals surface area contributed by atoms with Gasteiger partial charge < -0.3 is 20.7 Å². The lowest BCUT2D eigenvalue weighted by Crippen LogP contribution is -2.46. The van der Waals surface area contributed by atoms with E-state index in [0.29, 0.717) is 43.4 Å². The fourth-order valence-corrected chi connectivity index (χ4v) is 3.76. The number of allylic oxidation sites excluding steroid dienone is 1. The number of hydrogen-bond acceptors (Lipinski definition) is 3. The Hall–Kier alpha value is -2.28. The van der Waals surface area contributed by atoms with E-state index >= 15 is 0 Å². The second-order valence-electron chi connectivity index (χ2n) is 5.89. The van der Waals surface area contributed by atoms with Gasteiger partial charge in [0.2, 0.25) is 0 Å². The fraction of sp³-hybridized carbons (Fsp3) is 0.158. The second-order valence-corrected chi connectivity index (χ2v) is 7.11. The largest absolute Gasteiger partial charge is 0.497 e. The highest BCUT2D eigenvalue weighted by Gasteiger charge is 2.32. The number of hydrogen-bond donors (Lipinski definition) is 3. The van der Waals surface area contributed by atoms with Gasteiger partial charge in [-0.3, -0.25) is 4.79 Å². The Morgan fingerprint density at radius 3 is 2.37 bits per heavy atom. The molecule has 0 aliphatic carbocycles. The minimum Gasteiger partial charge on any atom is -0.497 e. The third kappa shape index (κ3) is 4.18. The van der Waals surface area contributed by atoms with Crippen molar-refractivity contribution in [2.24, 2.45) is 0 Å². The monoisotopic (exact) mass is 421 g/mol. The van der Waals surface area contributed by atoms with Gasteiger partial charge in [0, 0.05) is 27.0 Å². The molecule has 0 saturated heterocycles. The van der Waals surface area contributed by atoms with Crippen molar-refractivity contribution in [1.82, 2.24) is 10.6 Å². The quantitative estimate of drug-likeness (QED) is 0.637. The summed E-state index contributed by atoms with van der Waals surface area (Å²) >= 11 is 18.0. The standard InChI is InChI=1S/C19H17Cl2N3O2S/c1-10-15(18(25)23-11-6-8-12(26-2)9-7-11)17(24-19(27)22-10)16-13(20)4-3-5-14(16)21/h3-9,17H,1-2H3,(H,23,25)(H2,22,24,27). The lowest BCUT2D eigenvalue weighted by Gasteiger charge is -2.31. The smallest absolute Gasteiger partial charge is 0.255 e. The van der Waals surface area contributed by atoms with Crippen LogP contribution in [-0.2, 0) is 4.79 Å².